The zero-order chi connectivity index (χ0) is 27.2. The van der Waals surface area contributed by atoms with Crippen molar-refractivity contribution in [1.29, 1.82) is 0 Å². The number of amides is 2. The van der Waals surface area contributed by atoms with Crippen molar-refractivity contribution in [3.05, 3.63) is 41.2 Å². The molecule has 4 atom stereocenters. The zero-order valence-electron chi connectivity index (χ0n) is 19.0. The number of halogens is 7. The van der Waals surface area contributed by atoms with Gasteiger partial charge in [0.1, 0.15) is 6.10 Å². The van der Waals surface area contributed by atoms with Crippen LogP contribution in [0.15, 0.2) is 18.3 Å². The first-order valence-electron chi connectivity index (χ1n) is 10.4. The van der Waals surface area contributed by atoms with E-state index in [1.54, 1.807) is 0 Å². The van der Waals surface area contributed by atoms with Gasteiger partial charge in [-0.3, -0.25) is 9.59 Å². The van der Waals surface area contributed by atoms with Crippen LogP contribution in [0.5, 0.6) is 5.75 Å². The maximum absolute atomic E-state index is 14.6. The van der Waals surface area contributed by atoms with Gasteiger partial charge in [-0.2, -0.15) is 31.4 Å². The predicted octanol–water partition coefficient (Wildman–Crippen LogP) is 3.81. The number of carbonyl (C=O) groups is 2. The van der Waals surface area contributed by atoms with Gasteiger partial charge in [-0.05, 0) is 19.9 Å². The minimum Gasteiger partial charge on any atom is -0.480 e. The molecule has 3 N–H and O–H groups in total. The number of nitrogens with two attached hydrogens (primary N) is 1. The molecule has 0 aliphatic carbocycles. The van der Waals surface area contributed by atoms with Gasteiger partial charge in [0.2, 0.25) is 5.82 Å². The lowest BCUT2D eigenvalue weighted by atomic mass is 9.77. The van der Waals surface area contributed by atoms with Crippen molar-refractivity contribution in [3.63, 3.8) is 0 Å². The maximum atomic E-state index is 14.6. The molecule has 1 aromatic heterocycles. The van der Waals surface area contributed by atoms with Crippen molar-refractivity contribution in [1.82, 2.24) is 9.78 Å². The highest BCUT2D eigenvalue weighted by Gasteiger charge is 2.66. The third-order valence-corrected chi connectivity index (χ3v) is 6.10. The number of nitrogens with zero attached hydrogens (tertiary/aromatic N) is 2. The Morgan fingerprint density at radius 3 is 2.47 bits per heavy atom. The molecule has 0 saturated carbocycles. The second-order valence-electron chi connectivity index (χ2n) is 8.37. The Morgan fingerprint density at radius 1 is 1.31 bits per heavy atom. The van der Waals surface area contributed by atoms with Gasteiger partial charge < -0.3 is 20.5 Å². The van der Waals surface area contributed by atoms with E-state index < -0.39 is 77.6 Å². The summed E-state index contributed by atoms with van der Waals surface area (Å²) in [7, 11) is 0. The average molecular weight is 526 g/mol. The first kappa shape index (κ1) is 27.2. The van der Waals surface area contributed by atoms with E-state index in [9.17, 15) is 40.3 Å². The number of ether oxygens (including phenoxy) is 2. The van der Waals surface area contributed by atoms with E-state index >= 15 is 0 Å². The molecule has 1 saturated heterocycles. The first-order chi connectivity index (χ1) is 16.6. The molecule has 1 aliphatic rings. The van der Waals surface area contributed by atoms with Gasteiger partial charge in [0.15, 0.2) is 23.8 Å². The topological polar surface area (TPSA) is 108 Å². The molecular formula is C21H21F7N4O4. The maximum Gasteiger partial charge on any atom is 0.417 e. The molecule has 8 nitrogen and oxygen atoms in total. The van der Waals surface area contributed by atoms with Gasteiger partial charge in [0.05, 0.1) is 17.6 Å². The van der Waals surface area contributed by atoms with E-state index in [1.807, 2.05) is 0 Å². The van der Waals surface area contributed by atoms with Crippen molar-refractivity contribution < 1.29 is 49.8 Å². The quantitative estimate of drug-likeness (QED) is 0.534. The molecule has 2 heterocycles. The number of aryl methyl sites for hydroxylation is 1. The van der Waals surface area contributed by atoms with Crippen LogP contribution in [0.3, 0.4) is 0 Å². The minimum absolute atomic E-state index is 0.0665. The Labute approximate surface area is 199 Å². The van der Waals surface area contributed by atoms with E-state index in [-0.39, 0.29) is 16.1 Å². The summed E-state index contributed by atoms with van der Waals surface area (Å²) < 4.78 is 107. The largest absolute Gasteiger partial charge is 0.480 e. The lowest BCUT2D eigenvalue weighted by molar-refractivity contribution is -0.272. The van der Waals surface area contributed by atoms with E-state index in [4.69, 9.17) is 15.2 Å². The number of carbonyl (C=O) groups excluding carboxylic acids is 2. The fourth-order valence-corrected chi connectivity index (χ4v) is 4.03. The number of hydrogen-bond donors (Lipinski definition) is 2. The Morgan fingerprint density at radius 2 is 1.94 bits per heavy atom. The number of hydrogen-bond acceptors (Lipinski definition) is 5. The average Bonchev–Trinajstić information content (AvgIpc) is 3.27. The zero-order valence-corrected chi connectivity index (χ0v) is 19.0. The van der Waals surface area contributed by atoms with Gasteiger partial charge in [-0.15, -0.1) is 0 Å². The normalized spacial score (nSPS) is 24.2. The van der Waals surface area contributed by atoms with Crippen molar-refractivity contribution >= 4 is 17.5 Å². The standard InChI is InChI=1S/C21H21F7N4O4/c1-8-14(10-4-5-11(22)15(23)16(10)35-7-13(29)33)17(36-20(8,3)21(26,27)28)18(34)30-12-6-32(19(24)25)31-9(12)2/h4-6,8,14,17,19H,7H2,1-3H3,(H2,29,33)(H,30,34)/t8-,14-,17+,20+/m0/s1. The van der Waals surface area contributed by atoms with Crippen LogP contribution in [0.2, 0.25) is 0 Å². The molecule has 1 aliphatic heterocycles. The summed E-state index contributed by atoms with van der Waals surface area (Å²) in [6.45, 7) is -0.943. The van der Waals surface area contributed by atoms with Crippen LogP contribution in [-0.4, -0.2) is 46.1 Å². The molecule has 0 unspecified atom stereocenters. The van der Waals surface area contributed by atoms with E-state index in [1.165, 1.54) is 6.92 Å². The molecule has 3 rings (SSSR count). The number of aromatic nitrogens is 2. The minimum atomic E-state index is -5.01. The number of benzene rings is 1. The monoisotopic (exact) mass is 526 g/mol. The number of anilines is 1. The summed E-state index contributed by atoms with van der Waals surface area (Å²) in [4.78, 5) is 24.2. The molecule has 0 spiro atoms. The van der Waals surface area contributed by atoms with E-state index in [2.05, 4.69) is 10.4 Å². The smallest absolute Gasteiger partial charge is 0.417 e. The lowest BCUT2D eigenvalue weighted by Crippen LogP contribution is -2.47. The Balaban J connectivity index is 2.10. The molecule has 1 aromatic carbocycles. The van der Waals surface area contributed by atoms with Crippen molar-refractivity contribution in [3.8, 4) is 5.75 Å². The van der Waals surface area contributed by atoms with Crippen LogP contribution in [-0.2, 0) is 14.3 Å². The van der Waals surface area contributed by atoms with Gasteiger partial charge in [-0.25, -0.2) is 9.07 Å². The summed E-state index contributed by atoms with van der Waals surface area (Å²) in [5.41, 5.74) is 1.35. The summed E-state index contributed by atoms with van der Waals surface area (Å²) in [6, 6.07) is 1.52. The number of rotatable bonds is 7. The molecule has 1 fully saturated rings. The Kier molecular flexibility index (Phi) is 7.26. The Hall–Kier alpha value is -3.36. The van der Waals surface area contributed by atoms with E-state index in [0.717, 1.165) is 19.2 Å². The number of alkyl halides is 5. The molecule has 2 aromatic rings. The lowest BCUT2D eigenvalue weighted by Gasteiger charge is -2.32. The molecular weight excluding hydrogens is 505 g/mol. The second-order valence-corrected chi connectivity index (χ2v) is 8.37. The van der Waals surface area contributed by atoms with Gasteiger partial charge in [-0.1, -0.05) is 13.0 Å². The molecule has 0 bridgehead atoms. The first-order valence-corrected chi connectivity index (χ1v) is 10.4. The summed E-state index contributed by atoms with van der Waals surface area (Å²) in [5.74, 6) is -9.39. The molecule has 15 heteroatoms. The second kappa shape index (κ2) is 9.59. The number of primary amides is 1. The molecule has 2 amide bonds. The van der Waals surface area contributed by atoms with Crippen LogP contribution in [0.4, 0.5) is 36.4 Å². The predicted molar refractivity (Wildman–Crippen MR) is 109 cm³/mol. The Bertz CT molecular complexity index is 1170. The summed E-state index contributed by atoms with van der Waals surface area (Å²) >= 11 is 0. The van der Waals surface area contributed by atoms with Crippen molar-refractivity contribution in [2.45, 2.75) is 51.1 Å². The van der Waals surface area contributed by atoms with Crippen molar-refractivity contribution in [2.75, 3.05) is 11.9 Å². The van der Waals surface area contributed by atoms with Crippen LogP contribution >= 0.6 is 0 Å². The fraction of sp³-hybridized carbons (Fsp3) is 0.476. The fourth-order valence-electron chi connectivity index (χ4n) is 4.03. The SMILES string of the molecule is Cc1nn(C(F)F)cc1NC(=O)[C@@H]1O[C@@](C)(C(F)(F)F)[C@@H](C)[C@H]1c1ccc(F)c(F)c1OCC(N)=O. The molecule has 36 heavy (non-hydrogen) atoms. The molecule has 0 radical (unpaired) electrons. The van der Waals surface area contributed by atoms with Crippen LogP contribution < -0.4 is 15.8 Å². The third kappa shape index (κ3) is 4.83. The summed E-state index contributed by atoms with van der Waals surface area (Å²) in [6.07, 6.45) is -6.21. The van der Waals surface area contributed by atoms with Crippen LogP contribution in [0.1, 0.15) is 37.6 Å². The van der Waals surface area contributed by atoms with Crippen molar-refractivity contribution in [2.24, 2.45) is 11.7 Å². The van der Waals surface area contributed by atoms with Gasteiger partial charge in [0.25, 0.3) is 11.8 Å². The highest BCUT2D eigenvalue weighted by atomic mass is 19.4. The highest BCUT2D eigenvalue weighted by Crippen LogP contribution is 2.55. The molecule has 198 valence electrons. The van der Waals surface area contributed by atoms with Crippen LogP contribution in [0.25, 0.3) is 0 Å². The third-order valence-electron chi connectivity index (χ3n) is 6.10. The highest BCUT2D eigenvalue weighted by molar-refractivity contribution is 5.95. The summed E-state index contributed by atoms with van der Waals surface area (Å²) in [5, 5.41) is 5.70. The van der Waals surface area contributed by atoms with Gasteiger partial charge in [0, 0.05) is 17.4 Å². The van der Waals surface area contributed by atoms with Gasteiger partial charge >= 0.3 is 12.7 Å². The van der Waals surface area contributed by atoms with Crippen LogP contribution in [0, 0.1) is 24.5 Å². The number of nitrogens with one attached hydrogen (secondary N) is 1. The van der Waals surface area contributed by atoms with E-state index in [0.29, 0.717) is 13.0 Å².